The van der Waals surface area contributed by atoms with Gasteiger partial charge >= 0.3 is 0 Å². The fourth-order valence-corrected chi connectivity index (χ4v) is 3.61. The molecule has 1 rings (SSSR count). The first-order chi connectivity index (χ1) is 14.4. The molecule has 0 amide bonds. The second-order valence-corrected chi connectivity index (χ2v) is 9.61. The van der Waals surface area contributed by atoms with Crippen LogP contribution in [0.5, 0.6) is 0 Å². The van der Waals surface area contributed by atoms with Gasteiger partial charge in [0.25, 0.3) is 0 Å². The van der Waals surface area contributed by atoms with Crippen LogP contribution in [0.4, 0.5) is 0 Å². The Balaban J connectivity index is 2.41. The van der Waals surface area contributed by atoms with Crippen molar-refractivity contribution in [2.24, 2.45) is 0 Å². The molecular weight excluding hydrogens is 384 g/mol. The number of aliphatic hydroxyl groups is 1. The number of rotatable bonds is 12. The molecule has 0 heterocycles. The van der Waals surface area contributed by atoms with Gasteiger partial charge in [-0.1, -0.05) is 34.9 Å². The van der Waals surface area contributed by atoms with Crippen LogP contribution in [0, 0.1) is 0 Å². The van der Waals surface area contributed by atoms with Gasteiger partial charge < -0.3 is 5.11 Å². The van der Waals surface area contributed by atoms with Crippen molar-refractivity contribution in [1.29, 1.82) is 0 Å². The number of ketones is 2. The Kier molecular flexibility index (Phi) is 11.1. The summed E-state index contributed by atoms with van der Waals surface area (Å²) in [6, 6.07) is 0. The van der Waals surface area contributed by atoms with E-state index in [1.165, 1.54) is 22.8 Å². The molecule has 0 spiro atoms. The van der Waals surface area contributed by atoms with Crippen molar-refractivity contribution in [1.82, 2.24) is 0 Å². The maximum absolute atomic E-state index is 12.4. The van der Waals surface area contributed by atoms with Gasteiger partial charge in [0, 0.05) is 16.7 Å². The fourth-order valence-electron chi connectivity index (χ4n) is 3.61. The van der Waals surface area contributed by atoms with Crippen molar-refractivity contribution >= 4 is 11.6 Å². The molecule has 1 aliphatic rings. The van der Waals surface area contributed by atoms with Crippen LogP contribution >= 0.6 is 0 Å². The van der Waals surface area contributed by atoms with E-state index in [1.807, 2.05) is 6.92 Å². The standard InChI is InChI=1S/C28H42O3/c1-20(2)11-8-12-21(3)13-9-14-22(4)15-10-17-28(7,31)18-16-25-19-26(29)23(5)24(6)27(25)30/h11,13,15,19,31H,8-10,12,14,16-18H2,1-7H3/b21-13+,22-15+/t28-/m1/s1. The van der Waals surface area contributed by atoms with Crippen LogP contribution in [0.3, 0.4) is 0 Å². The van der Waals surface area contributed by atoms with E-state index in [0.29, 0.717) is 36.0 Å². The van der Waals surface area contributed by atoms with Gasteiger partial charge in [0.15, 0.2) is 11.6 Å². The van der Waals surface area contributed by atoms with Gasteiger partial charge in [-0.3, -0.25) is 9.59 Å². The zero-order chi connectivity index (χ0) is 23.6. The molecule has 31 heavy (non-hydrogen) atoms. The first-order valence-electron chi connectivity index (χ1n) is 11.6. The van der Waals surface area contributed by atoms with Crippen molar-refractivity contribution in [3.8, 4) is 0 Å². The zero-order valence-corrected chi connectivity index (χ0v) is 20.7. The SMILES string of the molecule is CC(C)=CCC/C(C)=C/CC/C(C)=C/CC[C@@](C)(O)CCC1=CC(=O)C(C)=C(C)C1=O. The molecule has 0 aromatic carbocycles. The predicted octanol–water partition coefficient (Wildman–Crippen LogP) is 7.13. The number of carbonyl (C=O) groups is 2. The lowest BCUT2D eigenvalue weighted by Crippen LogP contribution is -2.25. The maximum Gasteiger partial charge on any atom is 0.185 e. The summed E-state index contributed by atoms with van der Waals surface area (Å²) < 4.78 is 0. The van der Waals surface area contributed by atoms with E-state index < -0.39 is 5.60 Å². The number of hydrogen-bond donors (Lipinski definition) is 1. The third-order valence-corrected chi connectivity index (χ3v) is 6.10. The Morgan fingerprint density at radius 2 is 1.42 bits per heavy atom. The molecule has 0 unspecified atom stereocenters. The van der Waals surface area contributed by atoms with Crippen molar-refractivity contribution in [3.63, 3.8) is 0 Å². The monoisotopic (exact) mass is 426 g/mol. The molecule has 1 N–H and O–H groups in total. The number of allylic oxidation sites excluding steroid dienone is 10. The van der Waals surface area contributed by atoms with Crippen molar-refractivity contribution in [2.75, 3.05) is 0 Å². The molecule has 0 bridgehead atoms. The topological polar surface area (TPSA) is 54.4 Å². The minimum atomic E-state index is -0.855. The third-order valence-electron chi connectivity index (χ3n) is 6.10. The maximum atomic E-state index is 12.4. The minimum absolute atomic E-state index is 0.0622. The number of carbonyl (C=O) groups excluding carboxylic acids is 2. The molecule has 1 atom stereocenters. The molecule has 3 heteroatoms. The lowest BCUT2D eigenvalue weighted by Gasteiger charge is -2.24. The van der Waals surface area contributed by atoms with E-state index in [4.69, 9.17) is 0 Å². The lowest BCUT2D eigenvalue weighted by molar-refractivity contribution is -0.116. The molecule has 0 fully saturated rings. The van der Waals surface area contributed by atoms with Crippen LogP contribution in [0.1, 0.15) is 99.8 Å². The lowest BCUT2D eigenvalue weighted by atomic mass is 9.85. The van der Waals surface area contributed by atoms with Crippen LogP contribution < -0.4 is 0 Å². The normalized spacial score (nSPS) is 17.6. The molecule has 0 aromatic rings. The van der Waals surface area contributed by atoms with Gasteiger partial charge in [-0.25, -0.2) is 0 Å². The second-order valence-electron chi connectivity index (χ2n) is 9.61. The van der Waals surface area contributed by atoms with E-state index in [9.17, 15) is 14.7 Å². The van der Waals surface area contributed by atoms with Gasteiger partial charge in [0.05, 0.1) is 5.60 Å². The highest BCUT2D eigenvalue weighted by Gasteiger charge is 2.26. The first kappa shape index (κ1) is 27.0. The van der Waals surface area contributed by atoms with Crippen LogP contribution in [-0.4, -0.2) is 22.3 Å². The average Bonchev–Trinajstić information content (AvgIpc) is 2.67. The van der Waals surface area contributed by atoms with E-state index in [0.717, 1.165) is 32.1 Å². The third kappa shape index (κ3) is 10.2. The minimum Gasteiger partial charge on any atom is -0.390 e. The summed E-state index contributed by atoms with van der Waals surface area (Å²) in [5.74, 6) is -0.153. The molecule has 0 aromatic heterocycles. The largest absolute Gasteiger partial charge is 0.390 e. The van der Waals surface area contributed by atoms with Gasteiger partial charge in [-0.15, -0.1) is 0 Å². The van der Waals surface area contributed by atoms with E-state index in [1.54, 1.807) is 13.8 Å². The first-order valence-corrected chi connectivity index (χ1v) is 11.6. The molecular formula is C28H42O3. The van der Waals surface area contributed by atoms with Gasteiger partial charge in [0.1, 0.15) is 0 Å². The predicted molar refractivity (Wildman–Crippen MR) is 131 cm³/mol. The quantitative estimate of drug-likeness (QED) is 0.267. The summed E-state index contributed by atoms with van der Waals surface area (Å²) in [6.07, 6.45) is 15.0. The van der Waals surface area contributed by atoms with E-state index in [-0.39, 0.29) is 11.6 Å². The van der Waals surface area contributed by atoms with Crippen LogP contribution in [0.25, 0.3) is 0 Å². The molecule has 1 aliphatic carbocycles. The number of hydrogen-bond acceptors (Lipinski definition) is 3. The van der Waals surface area contributed by atoms with Gasteiger partial charge in [0.2, 0.25) is 0 Å². The number of Topliss-reactive ketones (excluding diaryl/α,β-unsaturated/α-hetero) is 1. The van der Waals surface area contributed by atoms with E-state index in [2.05, 4.69) is 45.9 Å². The highest BCUT2D eigenvalue weighted by atomic mass is 16.3. The zero-order valence-electron chi connectivity index (χ0n) is 20.7. The summed E-state index contributed by atoms with van der Waals surface area (Å²) in [5.41, 5.74) is 4.88. The Morgan fingerprint density at radius 1 is 0.871 bits per heavy atom. The summed E-state index contributed by atoms with van der Waals surface area (Å²) in [7, 11) is 0. The van der Waals surface area contributed by atoms with Crippen LogP contribution in [0.15, 0.2) is 57.7 Å². The molecule has 172 valence electrons. The highest BCUT2D eigenvalue weighted by molar-refractivity contribution is 6.22. The van der Waals surface area contributed by atoms with Crippen LogP contribution in [0.2, 0.25) is 0 Å². The van der Waals surface area contributed by atoms with Gasteiger partial charge in [-0.05, 0) is 106 Å². The molecule has 0 radical (unpaired) electrons. The van der Waals surface area contributed by atoms with Crippen molar-refractivity contribution in [3.05, 3.63) is 57.7 Å². The average molecular weight is 427 g/mol. The second kappa shape index (κ2) is 12.8. The summed E-state index contributed by atoms with van der Waals surface area (Å²) in [6.45, 7) is 13.8. The Morgan fingerprint density at radius 3 is 2.00 bits per heavy atom. The summed E-state index contributed by atoms with van der Waals surface area (Å²) in [4.78, 5) is 24.3. The Bertz CT molecular complexity index is 809. The highest BCUT2D eigenvalue weighted by Crippen LogP contribution is 2.27. The smallest absolute Gasteiger partial charge is 0.185 e. The molecule has 3 nitrogen and oxygen atoms in total. The summed E-state index contributed by atoms with van der Waals surface area (Å²) >= 11 is 0. The summed E-state index contributed by atoms with van der Waals surface area (Å²) in [5, 5.41) is 10.7. The Labute approximate surface area is 189 Å². The fraction of sp³-hybridized carbons (Fsp3) is 0.571. The van der Waals surface area contributed by atoms with Crippen molar-refractivity contribution < 1.29 is 14.7 Å². The van der Waals surface area contributed by atoms with E-state index >= 15 is 0 Å². The van der Waals surface area contributed by atoms with Gasteiger partial charge in [-0.2, -0.15) is 0 Å². The van der Waals surface area contributed by atoms with Crippen molar-refractivity contribution in [2.45, 2.75) is 105 Å². The van der Waals surface area contributed by atoms with Crippen LogP contribution in [-0.2, 0) is 9.59 Å². The Hall–Kier alpha value is -2.00. The molecule has 0 aliphatic heterocycles. The molecule has 0 saturated carbocycles. The molecule has 0 saturated heterocycles.